The fourth-order valence-electron chi connectivity index (χ4n) is 1.33. The quantitative estimate of drug-likeness (QED) is 0.625. The molecule has 0 unspecified atom stereocenters. The van der Waals surface area contributed by atoms with Crippen LogP contribution in [0, 0.1) is 0 Å². The van der Waals surface area contributed by atoms with Gasteiger partial charge in [0.1, 0.15) is 0 Å². The van der Waals surface area contributed by atoms with E-state index in [0.717, 1.165) is 0 Å². The Labute approximate surface area is 111 Å². The molecule has 0 fully saturated rings. The standard InChI is InChI=1S/C11H15N3O4S/c1-2-6-19(17,18)14-13-11(16)9-5-3-4-8(7-9)10(12)15/h3-5,7,14H,2,6H2,1H3,(H2,12,15)(H,13,16). The van der Waals surface area contributed by atoms with Gasteiger partial charge >= 0.3 is 0 Å². The van der Waals surface area contributed by atoms with Crippen LogP contribution < -0.4 is 16.0 Å². The first-order chi connectivity index (χ1) is 8.85. The summed E-state index contributed by atoms with van der Waals surface area (Å²) in [5.41, 5.74) is 7.45. The summed E-state index contributed by atoms with van der Waals surface area (Å²) in [4.78, 5) is 24.6. The van der Waals surface area contributed by atoms with E-state index in [1.54, 1.807) is 6.92 Å². The second-order valence-corrected chi connectivity index (χ2v) is 5.66. The molecule has 4 N–H and O–H groups in total. The largest absolute Gasteiger partial charge is 0.366 e. The SMILES string of the molecule is CCCS(=O)(=O)NNC(=O)c1cccc(C(N)=O)c1. The number of carbonyl (C=O) groups excluding carboxylic acids is 2. The molecule has 19 heavy (non-hydrogen) atoms. The van der Waals surface area contributed by atoms with Gasteiger partial charge in [-0.15, -0.1) is 4.83 Å². The van der Waals surface area contributed by atoms with E-state index in [-0.39, 0.29) is 16.9 Å². The molecule has 0 bridgehead atoms. The van der Waals surface area contributed by atoms with Crippen LogP contribution in [0.4, 0.5) is 0 Å². The molecular formula is C11H15N3O4S. The Hall–Kier alpha value is -1.93. The van der Waals surface area contributed by atoms with E-state index >= 15 is 0 Å². The van der Waals surface area contributed by atoms with Crippen LogP contribution in [0.1, 0.15) is 34.1 Å². The number of sulfonamides is 1. The van der Waals surface area contributed by atoms with Crippen molar-refractivity contribution < 1.29 is 18.0 Å². The highest BCUT2D eigenvalue weighted by atomic mass is 32.2. The predicted octanol–water partition coefficient (Wildman–Crippen LogP) is -0.240. The Balaban J connectivity index is 2.74. The molecule has 1 aromatic carbocycles. The van der Waals surface area contributed by atoms with E-state index in [9.17, 15) is 18.0 Å². The number of amides is 2. The lowest BCUT2D eigenvalue weighted by atomic mass is 10.1. The second-order valence-electron chi connectivity index (χ2n) is 3.82. The molecule has 104 valence electrons. The van der Waals surface area contributed by atoms with Crippen LogP contribution in [0.15, 0.2) is 24.3 Å². The molecular weight excluding hydrogens is 270 g/mol. The first-order valence-corrected chi connectivity index (χ1v) is 7.20. The first-order valence-electron chi connectivity index (χ1n) is 5.55. The Kier molecular flexibility index (Phi) is 5.02. The number of hydrazine groups is 1. The summed E-state index contributed by atoms with van der Waals surface area (Å²) in [7, 11) is -3.53. The van der Waals surface area contributed by atoms with Gasteiger partial charge in [0.05, 0.1) is 5.75 Å². The van der Waals surface area contributed by atoms with Gasteiger partial charge < -0.3 is 5.73 Å². The summed E-state index contributed by atoms with van der Waals surface area (Å²) in [5.74, 6) is -1.42. The van der Waals surface area contributed by atoms with Gasteiger partial charge in [0.15, 0.2) is 0 Å². The Bertz CT molecular complexity index is 583. The third-order valence-electron chi connectivity index (χ3n) is 2.20. The molecule has 0 atom stereocenters. The number of nitrogens with two attached hydrogens (primary N) is 1. The smallest absolute Gasteiger partial charge is 0.266 e. The molecule has 1 rings (SSSR count). The van der Waals surface area contributed by atoms with Gasteiger partial charge in [0, 0.05) is 11.1 Å². The van der Waals surface area contributed by atoms with Gasteiger partial charge in [-0.25, -0.2) is 8.42 Å². The zero-order chi connectivity index (χ0) is 14.5. The molecule has 7 nitrogen and oxygen atoms in total. The monoisotopic (exact) mass is 285 g/mol. The number of rotatable bonds is 6. The Morgan fingerprint density at radius 2 is 1.89 bits per heavy atom. The summed E-state index contributed by atoms with van der Waals surface area (Å²) in [6.45, 7) is 1.71. The summed E-state index contributed by atoms with van der Waals surface area (Å²) in [5, 5.41) is 0. The van der Waals surface area contributed by atoms with Gasteiger partial charge in [-0.2, -0.15) is 0 Å². The lowest BCUT2D eigenvalue weighted by Crippen LogP contribution is -2.42. The highest BCUT2D eigenvalue weighted by Gasteiger charge is 2.12. The highest BCUT2D eigenvalue weighted by molar-refractivity contribution is 7.89. The van der Waals surface area contributed by atoms with Crippen LogP contribution >= 0.6 is 0 Å². The number of primary amides is 1. The fourth-order valence-corrected chi connectivity index (χ4v) is 2.22. The van der Waals surface area contributed by atoms with Crippen molar-refractivity contribution in [2.45, 2.75) is 13.3 Å². The van der Waals surface area contributed by atoms with E-state index in [1.807, 2.05) is 4.83 Å². The van der Waals surface area contributed by atoms with Crippen LogP contribution in [0.3, 0.4) is 0 Å². The maximum Gasteiger partial charge on any atom is 0.266 e. The Morgan fingerprint density at radius 3 is 2.47 bits per heavy atom. The van der Waals surface area contributed by atoms with Crippen molar-refractivity contribution in [3.05, 3.63) is 35.4 Å². The van der Waals surface area contributed by atoms with Crippen molar-refractivity contribution in [2.75, 3.05) is 5.75 Å². The second kappa shape index (κ2) is 6.30. The summed E-state index contributed by atoms with van der Waals surface area (Å²) in [6, 6.07) is 5.66. The van der Waals surface area contributed by atoms with Gasteiger partial charge in [0.25, 0.3) is 5.91 Å². The lowest BCUT2D eigenvalue weighted by molar-refractivity contribution is 0.0945. The predicted molar refractivity (Wildman–Crippen MR) is 69.6 cm³/mol. The van der Waals surface area contributed by atoms with Crippen molar-refractivity contribution >= 4 is 21.8 Å². The number of carbonyl (C=O) groups is 2. The average Bonchev–Trinajstić information content (AvgIpc) is 2.36. The third kappa shape index (κ3) is 4.68. The molecule has 0 heterocycles. The Morgan fingerprint density at radius 1 is 1.26 bits per heavy atom. The molecule has 1 aromatic rings. The average molecular weight is 285 g/mol. The van der Waals surface area contributed by atoms with Crippen molar-refractivity contribution in [3.63, 3.8) is 0 Å². The first kappa shape index (κ1) is 15.1. The number of benzene rings is 1. The molecule has 8 heteroatoms. The number of hydrogen-bond donors (Lipinski definition) is 3. The molecule has 0 aliphatic heterocycles. The van der Waals surface area contributed by atoms with Crippen LogP contribution in [0.25, 0.3) is 0 Å². The van der Waals surface area contributed by atoms with Crippen molar-refractivity contribution in [3.8, 4) is 0 Å². The number of hydrogen-bond acceptors (Lipinski definition) is 4. The fraction of sp³-hybridized carbons (Fsp3) is 0.273. The summed E-state index contributed by atoms with van der Waals surface area (Å²) >= 11 is 0. The summed E-state index contributed by atoms with van der Waals surface area (Å²) < 4.78 is 22.7. The molecule has 0 aliphatic rings. The van der Waals surface area contributed by atoms with E-state index in [2.05, 4.69) is 5.43 Å². The van der Waals surface area contributed by atoms with Gasteiger partial charge in [-0.05, 0) is 24.6 Å². The topological polar surface area (TPSA) is 118 Å². The van der Waals surface area contributed by atoms with E-state index in [0.29, 0.717) is 6.42 Å². The molecule has 0 aromatic heterocycles. The molecule has 0 spiro atoms. The van der Waals surface area contributed by atoms with Crippen LogP contribution in [-0.2, 0) is 10.0 Å². The maximum absolute atomic E-state index is 11.7. The molecule has 0 saturated heterocycles. The van der Waals surface area contributed by atoms with Crippen molar-refractivity contribution in [1.82, 2.24) is 10.3 Å². The van der Waals surface area contributed by atoms with Crippen molar-refractivity contribution in [2.24, 2.45) is 5.73 Å². The minimum absolute atomic E-state index is 0.0887. The minimum Gasteiger partial charge on any atom is -0.366 e. The summed E-state index contributed by atoms with van der Waals surface area (Å²) in [6.07, 6.45) is 0.433. The van der Waals surface area contributed by atoms with E-state index in [4.69, 9.17) is 5.73 Å². The minimum atomic E-state index is -3.53. The molecule has 0 radical (unpaired) electrons. The molecule has 0 saturated carbocycles. The number of nitrogens with one attached hydrogen (secondary N) is 2. The highest BCUT2D eigenvalue weighted by Crippen LogP contribution is 2.04. The third-order valence-corrected chi connectivity index (χ3v) is 3.56. The van der Waals surface area contributed by atoms with Crippen LogP contribution in [-0.4, -0.2) is 26.0 Å². The van der Waals surface area contributed by atoms with E-state index in [1.165, 1.54) is 24.3 Å². The lowest BCUT2D eigenvalue weighted by Gasteiger charge is -2.07. The maximum atomic E-state index is 11.7. The molecule has 2 amide bonds. The van der Waals surface area contributed by atoms with Crippen LogP contribution in [0.5, 0.6) is 0 Å². The van der Waals surface area contributed by atoms with Crippen molar-refractivity contribution in [1.29, 1.82) is 0 Å². The molecule has 0 aliphatic carbocycles. The van der Waals surface area contributed by atoms with Gasteiger partial charge in [-0.3, -0.25) is 15.0 Å². The van der Waals surface area contributed by atoms with Gasteiger partial charge in [-0.1, -0.05) is 13.0 Å². The van der Waals surface area contributed by atoms with E-state index < -0.39 is 21.8 Å². The van der Waals surface area contributed by atoms with Crippen LogP contribution in [0.2, 0.25) is 0 Å². The zero-order valence-corrected chi connectivity index (χ0v) is 11.2. The zero-order valence-electron chi connectivity index (χ0n) is 10.3. The normalized spacial score (nSPS) is 11.0. The van der Waals surface area contributed by atoms with Gasteiger partial charge in [0.2, 0.25) is 15.9 Å².